The Morgan fingerprint density at radius 3 is 2.24 bits per heavy atom. The fourth-order valence-electron chi connectivity index (χ4n) is 4.85. The average molecular weight is 403 g/mol. The van der Waals surface area contributed by atoms with Gasteiger partial charge < -0.3 is 14.2 Å². The van der Waals surface area contributed by atoms with E-state index in [2.05, 4.69) is 0 Å². The number of nitrogens with zero attached hydrogens (tertiary/aromatic N) is 2. The Kier molecular flexibility index (Phi) is 6.81. The first-order valence-electron chi connectivity index (χ1n) is 10.9. The maximum Gasteiger partial charge on any atom is 0.354 e. The lowest BCUT2D eigenvalue weighted by Crippen LogP contribution is -2.44. The summed E-state index contributed by atoms with van der Waals surface area (Å²) < 4.78 is 6.60. The first-order chi connectivity index (χ1) is 13.8. The van der Waals surface area contributed by atoms with Gasteiger partial charge in [0.1, 0.15) is 5.69 Å². The van der Waals surface area contributed by atoms with Crippen molar-refractivity contribution in [2.24, 2.45) is 18.9 Å². The van der Waals surface area contributed by atoms with Crippen LogP contribution in [0.2, 0.25) is 0 Å². The van der Waals surface area contributed by atoms with Crippen molar-refractivity contribution in [3.8, 4) is 0 Å². The minimum absolute atomic E-state index is 0.0787. The SMILES string of the molecule is COC(=O)c1c(C)c(C(=O)CN(CC2CCCCC2)C(=O)C2CCC2)c(C)n1C. The number of aromatic nitrogens is 1. The van der Waals surface area contributed by atoms with Crippen molar-refractivity contribution in [1.29, 1.82) is 0 Å². The smallest absolute Gasteiger partial charge is 0.354 e. The molecule has 2 aliphatic rings. The van der Waals surface area contributed by atoms with Crippen LogP contribution in [-0.4, -0.2) is 47.3 Å². The number of ether oxygens (including phenoxy) is 1. The fraction of sp³-hybridized carbons (Fsp3) is 0.696. The van der Waals surface area contributed by atoms with Gasteiger partial charge in [-0.1, -0.05) is 25.7 Å². The number of amides is 1. The Hall–Kier alpha value is -2.11. The Labute approximate surface area is 173 Å². The van der Waals surface area contributed by atoms with Gasteiger partial charge in [0.25, 0.3) is 0 Å². The lowest BCUT2D eigenvalue weighted by Gasteiger charge is -2.34. The number of hydrogen-bond donors (Lipinski definition) is 0. The average Bonchev–Trinajstić information content (AvgIpc) is 2.88. The first kappa shape index (κ1) is 21.6. The minimum Gasteiger partial charge on any atom is -0.464 e. The molecule has 0 N–H and O–H groups in total. The predicted octanol–water partition coefficient (Wildman–Crippen LogP) is 3.82. The monoisotopic (exact) mass is 402 g/mol. The number of esters is 1. The van der Waals surface area contributed by atoms with E-state index in [1.807, 2.05) is 11.8 Å². The summed E-state index contributed by atoms with van der Waals surface area (Å²) in [5, 5.41) is 0. The van der Waals surface area contributed by atoms with E-state index in [1.54, 1.807) is 18.5 Å². The van der Waals surface area contributed by atoms with Gasteiger partial charge in [-0.15, -0.1) is 0 Å². The van der Waals surface area contributed by atoms with Crippen molar-refractivity contribution in [3.05, 3.63) is 22.5 Å². The van der Waals surface area contributed by atoms with Gasteiger partial charge in [-0.05, 0) is 51.0 Å². The van der Waals surface area contributed by atoms with E-state index >= 15 is 0 Å². The summed E-state index contributed by atoms with van der Waals surface area (Å²) in [5.74, 6) is 0.166. The van der Waals surface area contributed by atoms with E-state index in [1.165, 1.54) is 26.4 Å². The molecule has 1 heterocycles. The van der Waals surface area contributed by atoms with Crippen LogP contribution in [0.25, 0.3) is 0 Å². The Morgan fingerprint density at radius 2 is 1.69 bits per heavy atom. The molecule has 0 atom stereocenters. The van der Waals surface area contributed by atoms with Crippen molar-refractivity contribution in [2.75, 3.05) is 20.2 Å². The van der Waals surface area contributed by atoms with Crippen LogP contribution in [0.15, 0.2) is 0 Å². The van der Waals surface area contributed by atoms with Gasteiger partial charge in [0.15, 0.2) is 5.78 Å². The van der Waals surface area contributed by atoms with Gasteiger partial charge in [0.2, 0.25) is 5.91 Å². The third kappa shape index (κ3) is 4.41. The molecule has 1 aromatic rings. The largest absolute Gasteiger partial charge is 0.464 e. The molecule has 0 saturated heterocycles. The highest BCUT2D eigenvalue weighted by atomic mass is 16.5. The summed E-state index contributed by atoms with van der Waals surface area (Å²) in [6.45, 7) is 4.39. The summed E-state index contributed by atoms with van der Waals surface area (Å²) in [4.78, 5) is 40.3. The van der Waals surface area contributed by atoms with Crippen LogP contribution in [0.3, 0.4) is 0 Å². The van der Waals surface area contributed by atoms with Crippen LogP contribution in [-0.2, 0) is 16.6 Å². The number of rotatable bonds is 7. The van der Waals surface area contributed by atoms with Crippen molar-refractivity contribution < 1.29 is 19.1 Å². The number of carbonyl (C=O) groups is 3. The molecule has 6 heteroatoms. The number of Topliss-reactive ketones (excluding diaryl/α,β-unsaturated/α-hetero) is 1. The van der Waals surface area contributed by atoms with Crippen LogP contribution in [0.1, 0.15) is 83.5 Å². The second-order valence-electron chi connectivity index (χ2n) is 8.76. The number of methoxy groups -OCH3 is 1. The molecule has 2 fully saturated rings. The topological polar surface area (TPSA) is 68.6 Å². The zero-order valence-electron chi connectivity index (χ0n) is 18.3. The van der Waals surface area contributed by atoms with Gasteiger partial charge >= 0.3 is 5.97 Å². The summed E-state index contributed by atoms with van der Waals surface area (Å²) in [6, 6.07) is 0. The minimum atomic E-state index is -0.447. The van der Waals surface area contributed by atoms with Crippen LogP contribution in [0.4, 0.5) is 0 Å². The number of ketones is 1. The third-order valence-corrected chi connectivity index (χ3v) is 6.89. The normalized spacial score (nSPS) is 17.7. The van der Waals surface area contributed by atoms with Gasteiger partial charge in [-0.25, -0.2) is 4.79 Å². The molecule has 1 amide bonds. The second-order valence-corrected chi connectivity index (χ2v) is 8.76. The predicted molar refractivity (Wildman–Crippen MR) is 111 cm³/mol. The van der Waals surface area contributed by atoms with Crippen molar-refractivity contribution in [2.45, 2.75) is 65.2 Å². The number of hydrogen-bond acceptors (Lipinski definition) is 4. The summed E-state index contributed by atoms with van der Waals surface area (Å²) in [7, 11) is 3.11. The third-order valence-electron chi connectivity index (χ3n) is 6.89. The van der Waals surface area contributed by atoms with E-state index in [9.17, 15) is 14.4 Å². The van der Waals surface area contributed by atoms with Gasteiger partial charge in [-0.2, -0.15) is 0 Å². The van der Waals surface area contributed by atoms with Crippen LogP contribution in [0, 0.1) is 25.7 Å². The Bertz CT molecular complexity index is 785. The fourth-order valence-corrected chi connectivity index (χ4v) is 4.85. The molecule has 0 spiro atoms. The highest BCUT2D eigenvalue weighted by Gasteiger charge is 2.33. The molecule has 29 heavy (non-hydrogen) atoms. The van der Waals surface area contributed by atoms with Crippen molar-refractivity contribution in [3.63, 3.8) is 0 Å². The second kappa shape index (κ2) is 9.14. The highest BCUT2D eigenvalue weighted by molar-refractivity contribution is 6.04. The Balaban J connectivity index is 1.82. The van der Waals surface area contributed by atoms with Crippen LogP contribution >= 0.6 is 0 Å². The summed E-state index contributed by atoms with van der Waals surface area (Å²) >= 11 is 0. The van der Waals surface area contributed by atoms with Crippen molar-refractivity contribution in [1.82, 2.24) is 9.47 Å². The molecule has 3 rings (SSSR count). The maximum absolute atomic E-state index is 13.3. The quantitative estimate of drug-likeness (QED) is 0.514. The molecule has 0 aromatic carbocycles. The maximum atomic E-state index is 13.3. The first-order valence-corrected chi connectivity index (χ1v) is 10.9. The lowest BCUT2D eigenvalue weighted by atomic mass is 9.83. The molecule has 2 saturated carbocycles. The molecule has 6 nitrogen and oxygen atoms in total. The van der Waals surface area contributed by atoms with Gasteiger partial charge in [0.05, 0.1) is 13.7 Å². The van der Waals surface area contributed by atoms with E-state index < -0.39 is 5.97 Å². The molecule has 0 bridgehead atoms. The van der Waals surface area contributed by atoms with Crippen LogP contribution < -0.4 is 0 Å². The van der Waals surface area contributed by atoms with E-state index in [-0.39, 0.29) is 24.2 Å². The molecule has 160 valence electrons. The molecule has 0 radical (unpaired) electrons. The zero-order valence-corrected chi connectivity index (χ0v) is 18.3. The molecule has 0 aliphatic heterocycles. The highest BCUT2D eigenvalue weighted by Crippen LogP contribution is 2.31. The van der Waals surface area contributed by atoms with E-state index in [0.717, 1.165) is 37.8 Å². The van der Waals surface area contributed by atoms with E-state index in [4.69, 9.17) is 4.74 Å². The molecule has 1 aromatic heterocycles. The molecular weight excluding hydrogens is 368 g/mol. The summed E-state index contributed by atoms with van der Waals surface area (Å²) in [5.41, 5.74) is 2.32. The Morgan fingerprint density at radius 1 is 1.03 bits per heavy atom. The van der Waals surface area contributed by atoms with Gasteiger partial charge in [0, 0.05) is 30.8 Å². The number of carbonyl (C=O) groups excluding carboxylic acids is 3. The summed E-state index contributed by atoms with van der Waals surface area (Å²) in [6.07, 6.45) is 8.93. The zero-order chi connectivity index (χ0) is 21.1. The molecule has 0 unspecified atom stereocenters. The standard InChI is InChI=1S/C23H34N2O4/c1-15-20(16(2)24(3)21(15)23(28)29-4)19(26)14-25(22(27)18-11-8-12-18)13-17-9-6-5-7-10-17/h17-18H,5-14H2,1-4H3. The van der Waals surface area contributed by atoms with Gasteiger partial charge in [-0.3, -0.25) is 9.59 Å². The lowest BCUT2D eigenvalue weighted by molar-refractivity contribution is -0.138. The molecular formula is C23H34N2O4. The molecule has 2 aliphatic carbocycles. The van der Waals surface area contributed by atoms with E-state index in [0.29, 0.717) is 29.3 Å². The van der Waals surface area contributed by atoms with Crippen molar-refractivity contribution >= 4 is 17.7 Å². The van der Waals surface area contributed by atoms with Crippen LogP contribution in [0.5, 0.6) is 0 Å².